The fourth-order valence-corrected chi connectivity index (χ4v) is 3.80. The average molecular weight is 327 g/mol. The molecule has 0 saturated carbocycles. The van der Waals surface area contributed by atoms with Crippen molar-refractivity contribution in [3.05, 3.63) is 59.9 Å². The number of hydrogen-bond donors (Lipinski definition) is 3. The van der Waals surface area contributed by atoms with Crippen molar-refractivity contribution in [2.75, 3.05) is 23.8 Å². The van der Waals surface area contributed by atoms with E-state index in [1.165, 1.54) is 12.1 Å². The summed E-state index contributed by atoms with van der Waals surface area (Å²) in [6.07, 6.45) is 0. The first kappa shape index (κ1) is 15.0. The summed E-state index contributed by atoms with van der Waals surface area (Å²) in [5, 5.41) is 15.7. The number of nitrogens with zero attached hydrogens (tertiary/aromatic N) is 1. The third-order valence-electron chi connectivity index (χ3n) is 4.90. The summed E-state index contributed by atoms with van der Waals surface area (Å²) < 4.78 is 13.7. The molecule has 0 radical (unpaired) electrons. The minimum Gasteiger partial charge on any atom is -0.394 e. The van der Waals surface area contributed by atoms with Gasteiger partial charge in [0.25, 0.3) is 0 Å². The van der Waals surface area contributed by atoms with Gasteiger partial charge >= 0.3 is 6.03 Å². The summed E-state index contributed by atoms with van der Waals surface area (Å²) in [6.45, 7) is 0.489. The maximum Gasteiger partial charge on any atom is 0.322 e. The number of halogens is 1. The number of anilines is 2. The van der Waals surface area contributed by atoms with Crippen molar-refractivity contribution >= 4 is 17.4 Å². The van der Waals surface area contributed by atoms with E-state index < -0.39 is 5.82 Å². The zero-order chi connectivity index (χ0) is 16.7. The molecule has 2 aliphatic rings. The Balaban J connectivity index is 1.57. The molecule has 4 rings (SSSR count). The Morgan fingerprint density at radius 3 is 2.79 bits per heavy atom. The van der Waals surface area contributed by atoms with Crippen molar-refractivity contribution < 1.29 is 14.3 Å². The van der Waals surface area contributed by atoms with Gasteiger partial charge in [-0.15, -0.1) is 0 Å². The number of nitrogens with one attached hydrogen (secondary N) is 2. The molecule has 2 heterocycles. The molecule has 124 valence electrons. The summed E-state index contributed by atoms with van der Waals surface area (Å²) in [5.74, 6) is -0.380. The van der Waals surface area contributed by atoms with Crippen molar-refractivity contribution in [1.29, 1.82) is 0 Å². The predicted molar refractivity (Wildman–Crippen MR) is 89.6 cm³/mol. The van der Waals surface area contributed by atoms with Crippen LogP contribution in [0.4, 0.5) is 20.6 Å². The molecule has 1 fully saturated rings. The van der Waals surface area contributed by atoms with E-state index in [1.54, 1.807) is 17.0 Å². The van der Waals surface area contributed by atoms with E-state index in [1.807, 2.05) is 24.3 Å². The van der Waals surface area contributed by atoms with Gasteiger partial charge < -0.3 is 20.6 Å². The third kappa shape index (κ3) is 2.22. The number of aliphatic hydroxyl groups is 1. The molecule has 3 atom stereocenters. The molecule has 0 aromatic heterocycles. The Morgan fingerprint density at radius 1 is 1.25 bits per heavy atom. The summed E-state index contributed by atoms with van der Waals surface area (Å²) >= 11 is 0. The van der Waals surface area contributed by atoms with E-state index in [2.05, 4.69) is 10.6 Å². The van der Waals surface area contributed by atoms with Crippen molar-refractivity contribution in [1.82, 2.24) is 4.90 Å². The van der Waals surface area contributed by atoms with Crippen molar-refractivity contribution in [2.24, 2.45) is 0 Å². The molecule has 6 heteroatoms. The number of hydrogen-bond acceptors (Lipinski definition) is 3. The quantitative estimate of drug-likeness (QED) is 0.794. The fourth-order valence-electron chi connectivity index (χ4n) is 3.80. The Morgan fingerprint density at radius 2 is 2.00 bits per heavy atom. The van der Waals surface area contributed by atoms with Gasteiger partial charge in [-0.05, 0) is 23.8 Å². The summed E-state index contributed by atoms with van der Waals surface area (Å²) in [4.78, 5) is 14.2. The number of rotatable bonds is 2. The van der Waals surface area contributed by atoms with Gasteiger partial charge in [-0.3, -0.25) is 0 Å². The smallest absolute Gasteiger partial charge is 0.322 e. The van der Waals surface area contributed by atoms with Crippen LogP contribution in [-0.4, -0.2) is 41.3 Å². The normalized spacial score (nSPS) is 24.2. The molecule has 2 aromatic rings. The molecule has 0 unspecified atom stereocenters. The molecule has 1 saturated heterocycles. The number of benzene rings is 2. The second kappa shape index (κ2) is 5.79. The maximum atomic E-state index is 13.7. The van der Waals surface area contributed by atoms with Crippen LogP contribution in [0.3, 0.4) is 0 Å². The van der Waals surface area contributed by atoms with E-state index >= 15 is 0 Å². The van der Waals surface area contributed by atoms with Gasteiger partial charge in [-0.2, -0.15) is 0 Å². The number of carbonyl (C=O) groups excluding carboxylic acids is 1. The number of fused-ring (bicyclic) bond motifs is 3. The van der Waals surface area contributed by atoms with E-state index in [0.717, 1.165) is 11.3 Å². The van der Waals surface area contributed by atoms with Gasteiger partial charge in [0.05, 0.1) is 24.4 Å². The van der Waals surface area contributed by atoms with Crippen LogP contribution in [0.1, 0.15) is 11.5 Å². The molecular formula is C18H18FN3O2. The molecule has 0 aliphatic carbocycles. The first-order valence-electron chi connectivity index (χ1n) is 7.98. The zero-order valence-corrected chi connectivity index (χ0v) is 12.9. The van der Waals surface area contributed by atoms with Crippen molar-refractivity contribution in [2.45, 2.75) is 18.0 Å². The van der Waals surface area contributed by atoms with Crippen LogP contribution >= 0.6 is 0 Å². The number of para-hydroxylation sites is 2. The third-order valence-corrected chi connectivity index (χ3v) is 4.90. The molecule has 3 N–H and O–H groups in total. The molecule has 2 aliphatic heterocycles. The van der Waals surface area contributed by atoms with Gasteiger partial charge in [0.1, 0.15) is 5.82 Å². The van der Waals surface area contributed by atoms with Gasteiger partial charge in [0.15, 0.2) is 0 Å². The molecule has 24 heavy (non-hydrogen) atoms. The second-order valence-corrected chi connectivity index (χ2v) is 6.13. The molecule has 5 nitrogen and oxygen atoms in total. The number of carbonyl (C=O) groups is 1. The molecule has 2 aromatic carbocycles. The molecular weight excluding hydrogens is 309 g/mol. The lowest BCUT2D eigenvalue weighted by Crippen LogP contribution is -2.69. The van der Waals surface area contributed by atoms with Gasteiger partial charge in [-0.25, -0.2) is 9.18 Å². The van der Waals surface area contributed by atoms with Crippen LogP contribution in [0.5, 0.6) is 0 Å². The monoisotopic (exact) mass is 327 g/mol. The minimum absolute atomic E-state index is 0.0520. The Kier molecular flexibility index (Phi) is 3.61. The van der Waals surface area contributed by atoms with Crippen LogP contribution < -0.4 is 10.6 Å². The standard InChI is InChI=1S/C18H18FN3O2/c19-12-6-2-4-8-14(12)21-18(24)22-15-9-20-13-7-3-1-5-11(13)17(15)16(22)10-23/h1-8,15-17,20,23H,9-10H2,(H,21,24)/t15-,16-,17+/m1/s1. The highest BCUT2D eigenvalue weighted by molar-refractivity contribution is 5.91. The number of aliphatic hydroxyl groups excluding tert-OH is 1. The van der Waals surface area contributed by atoms with E-state index in [0.29, 0.717) is 6.54 Å². The molecule has 0 spiro atoms. The van der Waals surface area contributed by atoms with Crippen LogP contribution in [0, 0.1) is 5.82 Å². The number of likely N-dealkylation sites (tertiary alicyclic amines) is 1. The Bertz CT molecular complexity index is 782. The maximum absolute atomic E-state index is 13.7. The van der Waals surface area contributed by atoms with Crippen molar-refractivity contribution in [3.8, 4) is 0 Å². The Labute approximate surface area is 139 Å². The first-order valence-corrected chi connectivity index (χ1v) is 7.98. The Hall–Kier alpha value is -2.60. The number of amides is 2. The van der Waals surface area contributed by atoms with Crippen molar-refractivity contribution in [3.63, 3.8) is 0 Å². The van der Waals surface area contributed by atoms with E-state index in [4.69, 9.17) is 0 Å². The van der Waals surface area contributed by atoms with Crippen LogP contribution in [-0.2, 0) is 0 Å². The second-order valence-electron chi connectivity index (χ2n) is 6.13. The topological polar surface area (TPSA) is 64.6 Å². The molecule has 0 bridgehead atoms. The highest BCUT2D eigenvalue weighted by Gasteiger charge is 2.53. The highest BCUT2D eigenvalue weighted by Crippen LogP contribution is 2.46. The SMILES string of the molecule is O=C(Nc1ccccc1F)N1[C@H](CO)[C@H]2c3ccccc3NC[C@H]21. The summed E-state index contributed by atoms with van der Waals surface area (Å²) in [7, 11) is 0. The van der Waals surface area contributed by atoms with E-state index in [9.17, 15) is 14.3 Å². The number of urea groups is 1. The fraction of sp³-hybridized carbons (Fsp3) is 0.278. The molecule has 2 amide bonds. The van der Waals surface area contributed by atoms with Gasteiger partial charge in [-0.1, -0.05) is 30.3 Å². The zero-order valence-electron chi connectivity index (χ0n) is 12.9. The lowest BCUT2D eigenvalue weighted by molar-refractivity contribution is 0.000848. The minimum atomic E-state index is -0.476. The summed E-state index contributed by atoms with van der Waals surface area (Å²) in [6, 6.07) is 13.3. The highest BCUT2D eigenvalue weighted by atomic mass is 19.1. The lowest BCUT2D eigenvalue weighted by atomic mass is 9.73. The lowest BCUT2D eigenvalue weighted by Gasteiger charge is -2.57. The van der Waals surface area contributed by atoms with Gasteiger partial charge in [0.2, 0.25) is 0 Å². The van der Waals surface area contributed by atoms with Gasteiger partial charge in [0, 0.05) is 18.2 Å². The first-order chi connectivity index (χ1) is 11.7. The predicted octanol–water partition coefficient (Wildman–Crippen LogP) is 2.61. The van der Waals surface area contributed by atoms with Crippen LogP contribution in [0.15, 0.2) is 48.5 Å². The average Bonchev–Trinajstić information content (AvgIpc) is 2.57. The summed E-state index contributed by atoms with van der Waals surface area (Å²) in [5.41, 5.74) is 2.31. The largest absolute Gasteiger partial charge is 0.394 e. The van der Waals surface area contributed by atoms with E-state index in [-0.39, 0.29) is 36.3 Å². The van der Waals surface area contributed by atoms with Crippen LogP contribution in [0.2, 0.25) is 0 Å². The van der Waals surface area contributed by atoms with Crippen LogP contribution in [0.25, 0.3) is 0 Å².